The van der Waals surface area contributed by atoms with Gasteiger partial charge in [0.05, 0.1) is 0 Å². The number of hydrogen-bond donors (Lipinski definition) is 0. The zero-order valence-electron chi connectivity index (χ0n) is 11.1. The SMILES string of the molecule is CCCC1CCCC/C=C/CCCCC(=O)O1. The summed E-state index contributed by atoms with van der Waals surface area (Å²) in [4.78, 5) is 11.6. The molecular weight excluding hydrogens is 212 g/mol. The summed E-state index contributed by atoms with van der Waals surface area (Å²) in [6.07, 6.45) is 15.2. The van der Waals surface area contributed by atoms with Gasteiger partial charge >= 0.3 is 5.97 Å². The summed E-state index contributed by atoms with van der Waals surface area (Å²) >= 11 is 0. The summed E-state index contributed by atoms with van der Waals surface area (Å²) < 4.78 is 5.55. The molecule has 0 saturated carbocycles. The van der Waals surface area contributed by atoms with Crippen LogP contribution in [0.5, 0.6) is 0 Å². The number of rotatable bonds is 2. The number of carbonyl (C=O) groups excluding carboxylic acids is 1. The average molecular weight is 238 g/mol. The number of ether oxygens (including phenoxy) is 1. The summed E-state index contributed by atoms with van der Waals surface area (Å²) in [5, 5.41) is 0. The Morgan fingerprint density at radius 3 is 2.59 bits per heavy atom. The van der Waals surface area contributed by atoms with E-state index in [0.29, 0.717) is 6.42 Å². The molecule has 0 N–H and O–H groups in total. The summed E-state index contributed by atoms with van der Waals surface area (Å²) in [5.41, 5.74) is 0. The molecule has 1 rings (SSSR count). The Balaban J connectivity index is 2.40. The molecule has 1 heterocycles. The second-order valence-corrected chi connectivity index (χ2v) is 4.90. The van der Waals surface area contributed by atoms with Gasteiger partial charge in [-0.15, -0.1) is 0 Å². The van der Waals surface area contributed by atoms with Crippen molar-refractivity contribution in [1.82, 2.24) is 0 Å². The van der Waals surface area contributed by atoms with Crippen LogP contribution in [0.2, 0.25) is 0 Å². The first-order chi connectivity index (χ1) is 8.33. The van der Waals surface area contributed by atoms with Gasteiger partial charge < -0.3 is 4.74 Å². The van der Waals surface area contributed by atoms with E-state index in [9.17, 15) is 4.79 Å². The highest BCUT2D eigenvalue weighted by Gasteiger charge is 2.13. The van der Waals surface area contributed by atoms with Gasteiger partial charge in [0, 0.05) is 6.42 Å². The number of cyclic esters (lactones) is 1. The van der Waals surface area contributed by atoms with E-state index in [2.05, 4.69) is 19.1 Å². The fourth-order valence-corrected chi connectivity index (χ4v) is 2.23. The van der Waals surface area contributed by atoms with Gasteiger partial charge in [0.15, 0.2) is 0 Å². The van der Waals surface area contributed by atoms with Gasteiger partial charge in [-0.3, -0.25) is 4.79 Å². The van der Waals surface area contributed by atoms with E-state index in [4.69, 9.17) is 4.74 Å². The zero-order valence-corrected chi connectivity index (χ0v) is 11.1. The highest BCUT2D eigenvalue weighted by Crippen LogP contribution is 2.15. The molecule has 0 radical (unpaired) electrons. The van der Waals surface area contributed by atoms with E-state index in [-0.39, 0.29) is 12.1 Å². The van der Waals surface area contributed by atoms with Crippen LogP contribution in [-0.4, -0.2) is 12.1 Å². The van der Waals surface area contributed by atoms with Crippen molar-refractivity contribution in [2.24, 2.45) is 0 Å². The van der Waals surface area contributed by atoms with Gasteiger partial charge in [-0.05, 0) is 51.4 Å². The molecule has 0 bridgehead atoms. The Labute approximate surface area is 105 Å². The lowest BCUT2D eigenvalue weighted by Gasteiger charge is -2.17. The van der Waals surface area contributed by atoms with Gasteiger partial charge in [-0.25, -0.2) is 0 Å². The third-order valence-corrected chi connectivity index (χ3v) is 3.22. The number of allylic oxidation sites excluding steroid dienone is 2. The Kier molecular flexibility index (Phi) is 7.78. The fraction of sp³-hybridized carbons (Fsp3) is 0.800. The first-order valence-electron chi connectivity index (χ1n) is 7.17. The van der Waals surface area contributed by atoms with Crippen molar-refractivity contribution in [1.29, 1.82) is 0 Å². The normalized spacial score (nSPS) is 26.2. The highest BCUT2D eigenvalue weighted by molar-refractivity contribution is 5.69. The van der Waals surface area contributed by atoms with E-state index in [1.807, 2.05) is 0 Å². The largest absolute Gasteiger partial charge is 0.462 e. The van der Waals surface area contributed by atoms with E-state index in [1.54, 1.807) is 0 Å². The maximum absolute atomic E-state index is 11.6. The molecule has 1 unspecified atom stereocenters. The number of esters is 1. The first kappa shape index (κ1) is 14.3. The smallest absolute Gasteiger partial charge is 0.306 e. The molecule has 2 heteroatoms. The van der Waals surface area contributed by atoms with Crippen molar-refractivity contribution in [3.63, 3.8) is 0 Å². The van der Waals surface area contributed by atoms with E-state index < -0.39 is 0 Å². The fourth-order valence-electron chi connectivity index (χ4n) is 2.23. The molecule has 0 aromatic carbocycles. The van der Waals surface area contributed by atoms with Crippen LogP contribution in [-0.2, 0) is 9.53 Å². The molecular formula is C15H26O2. The molecule has 0 fully saturated rings. The predicted molar refractivity (Wildman–Crippen MR) is 70.9 cm³/mol. The minimum Gasteiger partial charge on any atom is -0.462 e. The molecule has 98 valence electrons. The van der Waals surface area contributed by atoms with E-state index in [0.717, 1.165) is 38.5 Å². The minimum atomic E-state index is 0.00618. The molecule has 0 aromatic heterocycles. The molecule has 0 aliphatic carbocycles. The topological polar surface area (TPSA) is 26.3 Å². The van der Waals surface area contributed by atoms with Crippen molar-refractivity contribution in [3.8, 4) is 0 Å². The molecule has 1 aliphatic rings. The second kappa shape index (κ2) is 9.26. The van der Waals surface area contributed by atoms with Gasteiger partial charge in [0.25, 0.3) is 0 Å². The lowest BCUT2D eigenvalue weighted by molar-refractivity contribution is -0.149. The molecule has 17 heavy (non-hydrogen) atoms. The number of hydrogen-bond acceptors (Lipinski definition) is 2. The lowest BCUT2D eigenvalue weighted by atomic mass is 10.1. The molecule has 1 aliphatic heterocycles. The van der Waals surface area contributed by atoms with Gasteiger partial charge in [0.1, 0.15) is 6.10 Å². The number of carbonyl (C=O) groups is 1. The first-order valence-corrected chi connectivity index (χ1v) is 7.17. The average Bonchev–Trinajstić information content (AvgIpc) is 2.32. The van der Waals surface area contributed by atoms with Gasteiger partial charge in [-0.1, -0.05) is 25.5 Å². The molecule has 0 saturated heterocycles. The van der Waals surface area contributed by atoms with Gasteiger partial charge in [0.2, 0.25) is 0 Å². The third-order valence-electron chi connectivity index (χ3n) is 3.22. The second-order valence-electron chi connectivity index (χ2n) is 4.90. The Morgan fingerprint density at radius 2 is 1.88 bits per heavy atom. The van der Waals surface area contributed by atoms with Crippen molar-refractivity contribution < 1.29 is 9.53 Å². The lowest BCUT2D eigenvalue weighted by Crippen LogP contribution is -2.18. The van der Waals surface area contributed by atoms with Crippen LogP contribution < -0.4 is 0 Å². The highest BCUT2D eigenvalue weighted by atomic mass is 16.5. The quantitative estimate of drug-likeness (QED) is 0.527. The maximum atomic E-state index is 11.6. The minimum absolute atomic E-state index is 0.00618. The van der Waals surface area contributed by atoms with E-state index >= 15 is 0 Å². The van der Waals surface area contributed by atoms with Gasteiger partial charge in [-0.2, -0.15) is 0 Å². The van der Waals surface area contributed by atoms with Crippen LogP contribution in [0.15, 0.2) is 12.2 Å². The van der Waals surface area contributed by atoms with Crippen molar-refractivity contribution in [2.75, 3.05) is 0 Å². The summed E-state index contributed by atoms with van der Waals surface area (Å²) in [5.74, 6) is 0.00618. The zero-order chi connectivity index (χ0) is 12.3. The predicted octanol–water partition coefficient (Wildman–Crippen LogP) is 4.39. The third kappa shape index (κ3) is 7.19. The van der Waals surface area contributed by atoms with Crippen molar-refractivity contribution >= 4 is 5.97 Å². The van der Waals surface area contributed by atoms with Crippen molar-refractivity contribution in [3.05, 3.63) is 12.2 Å². The maximum Gasteiger partial charge on any atom is 0.306 e. The monoisotopic (exact) mass is 238 g/mol. The molecule has 0 aromatic rings. The summed E-state index contributed by atoms with van der Waals surface area (Å²) in [6, 6.07) is 0. The standard InChI is InChI=1S/C15H26O2/c1-2-11-14-12-9-7-5-3-4-6-8-10-13-15(16)17-14/h3-4,14H,2,5-13H2,1H3/b4-3+. The summed E-state index contributed by atoms with van der Waals surface area (Å²) in [7, 11) is 0. The summed E-state index contributed by atoms with van der Waals surface area (Å²) in [6.45, 7) is 2.15. The Morgan fingerprint density at radius 1 is 1.18 bits per heavy atom. The van der Waals surface area contributed by atoms with Crippen molar-refractivity contribution in [2.45, 2.75) is 77.2 Å². The van der Waals surface area contributed by atoms with Crippen LogP contribution >= 0.6 is 0 Å². The Hall–Kier alpha value is -0.790. The van der Waals surface area contributed by atoms with Crippen LogP contribution in [0.3, 0.4) is 0 Å². The molecule has 2 nitrogen and oxygen atoms in total. The molecule has 0 amide bonds. The van der Waals surface area contributed by atoms with Crippen LogP contribution in [0.4, 0.5) is 0 Å². The van der Waals surface area contributed by atoms with Crippen LogP contribution in [0.25, 0.3) is 0 Å². The van der Waals surface area contributed by atoms with Crippen LogP contribution in [0.1, 0.15) is 71.1 Å². The van der Waals surface area contributed by atoms with E-state index in [1.165, 1.54) is 19.3 Å². The Bertz CT molecular complexity index is 233. The molecule has 0 spiro atoms. The molecule has 1 atom stereocenters. The van der Waals surface area contributed by atoms with Crippen LogP contribution in [0, 0.1) is 0 Å².